The van der Waals surface area contributed by atoms with Crippen molar-refractivity contribution in [1.29, 1.82) is 0 Å². The summed E-state index contributed by atoms with van der Waals surface area (Å²) in [7, 11) is 0. The van der Waals surface area contributed by atoms with Crippen LogP contribution in [0.4, 0.5) is 0 Å². The second-order valence-corrected chi connectivity index (χ2v) is 5.90. The summed E-state index contributed by atoms with van der Waals surface area (Å²) in [6.45, 7) is 5.84. The van der Waals surface area contributed by atoms with E-state index in [1.165, 1.54) is 0 Å². The molecule has 2 N–H and O–H groups in total. The fourth-order valence-electron chi connectivity index (χ4n) is 1.83. The van der Waals surface area contributed by atoms with Crippen molar-refractivity contribution >= 4 is 17.5 Å². The predicted octanol–water partition coefficient (Wildman–Crippen LogP) is 2.86. The first-order valence-electron chi connectivity index (χ1n) is 6.51. The molecule has 1 rings (SSSR count). The van der Waals surface area contributed by atoms with Gasteiger partial charge in [0.2, 0.25) is 5.91 Å². The molecular formula is C15H22ClNO2. The zero-order chi connectivity index (χ0) is 14.5. The summed E-state index contributed by atoms with van der Waals surface area (Å²) in [5.41, 5.74) is 1.74. The molecule has 3 nitrogen and oxygen atoms in total. The van der Waals surface area contributed by atoms with Crippen LogP contribution < -0.4 is 5.32 Å². The van der Waals surface area contributed by atoms with E-state index in [4.69, 9.17) is 16.7 Å². The van der Waals surface area contributed by atoms with E-state index >= 15 is 0 Å². The van der Waals surface area contributed by atoms with E-state index in [0.29, 0.717) is 19.3 Å². The van der Waals surface area contributed by atoms with E-state index in [9.17, 15) is 4.79 Å². The molecule has 1 aromatic rings. The van der Waals surface area contributed by atoms with Crippen LogP contribution in [0.3, 0.4) is 0 Å². The average molecular weight is 284 g/mol. The molecule has 19 heavy (non-hydrogen) atoms. The third-order valence-electron chi connectivity index (χ3n) is 3.09. The highest BCUT2D eigenvalue weighted by Gasteiger charge is 2.19. The van der Waals surface area contributed by atoms with Gasteiger partial charge in [0.15, 0.2) is 0 Å². The van der Waals surface area contributed by atoms with Crippen molar-refractivity contribution in [1.82, 2.24) is 5.32 Å². The Kier molecular flexibility index (Phi) is 5.83. The van der Waals surface area contributed by atoms with Crippen molar-refractivity contribution in [3.8, 4) is 0 Å². The summed E-state index contributed by atoms with van der Waals surface area (Å²) in [6, 6.07) is 5.86. The molecule has 0 spiro atoms. The fraction of sp³-hybridized carbons (Fsp3) is 0.533. The second kappa shape index (κ2) is 6.92. The molecule has 1 amide bonds. The fourth-order valence-corrected chi connectivity index (χ4v) is 2.03. The van der Waals surface area contributed by atoms with Crippen molar-refractivity contribution in [3.05, 3.63) is 34.3 Å². The molecule has 0 aliphatic rings. The lowest BCUT2D eigenvalue weighted by Crippen LogP contribution is -2.44. The lowest BCUT2D eigenvalue weighted by atomic mass is 10.0. The third kappa shape index (κ3) is 5.62. The van der Waals surface area contributed by atoms with E-state index in [1.54, 1.807) is 0 Å². The van der Waals surface area contributed by atoms with Crippen LogP contribution in [0.15, 0.2) is 18.2 Å². The molecule has 1 aromatic carbocycles. The van der Waals surface area contributed by atoms with Gasteiger partial charge in [0.25, 0.3) is 0 Å². The van der Waals surface area contributed by atoms with E-state index in [1.807, 2.05) is 39.0 Å². The van der Waals surface area contributed by atoms with Gasteiger partial charge < -0.3 is 10.4 Å². The topological polar surface area (TPSA) is 49.3 Å². The number of carbonyl (C=O) groups is 1. The zero-order valence-electron chi connectivity index (χ0n) is 11.8. The smallest absolute Gasteiger partial charge is 0.220 e. The lowest BCUT2D eigenvalue weighted by molar-refractivity contribution is -0.122. The molecule has 0 aliphatic carbocycles. The number of halogens is 1. The number of carbonyl (C=O) groups excluding carboxylic acids is 1. The Balaban J connectivity index is 2.48. The highest BCUT2D eigenvalue weighted by Crippen LogP contribution is 2.17. The van der Waals surface area contributed by atoms with Crippen LogP contribution in [0.2, 0.25) is 5.02 Å². The van der Waals surface area contributed by atoms with Gasteiger partial charge >= 0.3 is 0 Å². The standard InChI is InChI=1S/C15H22ClNO2/c1-11-4-5-12(10-13(11)16)6-7-14(19)17-15(2,3)8-9-18/h4-5,10,18H,6-9H2,1-3H3,(H,17,19). The Hall–Kier alpha value is -1.06. The van der Waals surface area contributed by atoms with Gasteiger partial charge in [-0.25, -0.2) is 0 Å². The molecule has 0 atom stereocenters. The van der Waals surface area contributed by atoms with E-state index in [0.717, 1.165) is 16.1 Å². The van der Waals surface area contributed by atoms with Crippen LogP contribution in [0.25, 0.3) is 0 Å². The predicted molar refractivity (Wildman–Crippen MR) is 78.4 cm³/mol. The molecule has 0 radical (unpaired) electrons. The maximum absolute atomic E-state index is 11.8. The number of amides is 1. The van der Waals surface area contributed by atoms with Crippen molar-refractivity contribution in [2.24, 2.45) is 0 Å². The van der Waals surface area contributed by atoms with Gasteiger partial charge in [-0.15, -0.1) is 0 Å². The Morgan fingerprint density at radius 1 is 1.42 bits per heavy atom. The lowest BCUT2D eigenvalue weighted by Gasteiger charge is -2.25. The Bertz CT molecular complexity index is 444. The van der Waals surface area contributed by atoms with Gasteiger partial charge in [0.05, 0.1) is 0 Å². The molecule has 0 bridgehead atoms. The number of nitrogens with one attached hydrogen (secondary N) is 1. The molecule has 0 heterocycles. The van der Waals surface area contributed by atoms with Gasteiger partial charge in [-0.2, -0.15) is 0 Å². The molecule has 0 saturated heterocycles. The maximum Gasteiger partial charge on any atom is 0.220 e. The normalized spacial score (nSPS) is 11.4. The Morgan fingerprint density at radius 2 is 2.11 bits per heavy atom. The third-order valence-corrected chi connectivity index (χ3v) is 3.50. The van der Waals surface area contributed by atoms with Gasteiger partial charge in [-0.05, 0) is 50.8 Å². The average Bonchev–Trinajstić information content (AvgIpc) is 2.30. The molecule has 0 aromatic heterocycles. The molecule has 0 fully saturated rings. The largest absolute Gasteiger partial charge is 0.396 e. The van der Waals surface area contributed by atoms with Crippen LogP contribution in [-0.2, 0) is 11.2 Å². The number of aryl methyl sites for hydroxylation is 2. The van der Waals surface area contributed by atoms with Crippen LogP contribution in [-0.4, -0.2) is 23.2 Å². The van der Waals surface area contributed by atoms with Crippen molar-refractivity contribution < 1.29 is 9.90 Å². The van der Waals surface area contributed by atoms with Gasteiger partial charge in [-0.3, -0.25) is 4.79 Å². The summed E-state index contributed by atoms with van der Waals surface area (Å²) in [6.07, 6.45) is 1.64. The summed E-state index contributed by atoms with van der Waals surface area (Å²) < 4.78 is 0. The summed E-state index contributed by atoms with van der Waals surface area (Å²) >= 11 is 6.05. The number of rotatable bonds is 6. The Morgan fingerprint density at radius 3 is 2.68 bits per heavy atom. The van der Waals surface area contributed by atoms with Gasteiger partial charge in [0, 0.05) is 23.6 Å². The number of aliphatic hydroxyl groups excluding tert-OH is 1. The van der Waals surface area contributed by atoms with Crippen molar-refractivity contribution in [2.45, 2.75) is 45.6 Å². The van der Waals surface area contributed by atoms with Crippen LogP contribution in [0.1, 0.15) is 37.8 Å². The van der Waals surface area contributed by atoms with E-state index in [2.05, 4.69) is 5.32 Å². The number of aliphatic hydroxyl groups is 1. The summed E-state index contributed by atoms with van der Waals surface area (Å²) in [5.74, 6) is -0.00449. The molecule has 4 heteroatoms. The maximum atomic E-state index is 11.8. The van der Waals surface area contributed by atoms with E-state index in [-0.39, 0.29) is 18.1 Å². The minimum absolute atomic E-state index is 0.00449. The monoisotopic (exact) mass is 283 g/mol. The molecule has 0 unspecified atom stereocenters. The molecule has 0 aliphatic heterocycles. The highest BCUT2D eigenvalue weighted by molar-refractivity contribution is 6.31. The second-order valence-electron chi connectivity index (χ2n) is 5.49. The quantitative estimate of drug-likeness (QED) is 0.843. The van der Waals surface area contributed by atoms with Crippen LogP contribution in [0.5, 0.6) is 0 Å². The summed E-state index contributed by atoms with van der Waals surface area (Å²) in [4.78, 5) is 11.8. The van der Waals surface area contributed by atoms with Crippen LogP contribution >= 0.6 is 11.6 Å². The minimum atomic E-state index is -0.364. The van der Waals surface area contributed by atoms with Crippen molar-refractivity contribution in [2.75, 3.05) is 6.61 Å². The first-order valence-corrected chi connectivity index (χ1v) is 6.89. The zero-order valence-corrected chi connectivity index (χ0v) is 12.5. The molecule has 106 valence electrons. The first-order chi connectivity index (χ1) is 8.84. The van der Waals surface area contributed by atoms with Crippen molar-refractivity contribution in [3.63, 3.8) is 0 Å². The van der Waals surface area contributed by atoms with Crippen LogP contribution in [0, 0.1) is 6.92 Å². The van der Waals surface area contributed by atoms with E-state index < -0.39 is 0 Å². The number of hydrogen-bond acceptors (Lipinski definition) is 2. The summed E-state index contributed by atoms with van der Waals surface area (Å²) in [5, 5.41) is 12.6. The molecular weight excluding hydrogens is 262 g/mol. The molecule has 0 saturated carbocycles. The highest BCUT2D eigenvalue weighted by atomic mass is 35.5. The van der Waals surface area contributed by atoms with Gasteiger partial charge in [-0.1, -0.05) is 23.7 Å². The van der Waals surface area contributed by atoms with Gasteiger partial charge in [0.1, 0.15) is 0 Å². The number of hydrogen-bond donors (Lipinski definition) is 2. The minimum Gasteiger partial charge on any atom is -0.396 e. The first kappa shape index (κ1) is 16.0. The number of benzene rings is 1. The Labute approximate surface area is 120 Å². The SMILES string of the molecule is Cc1ccc(CCC(=O)NC(C)(C)CCO)cc1Cl.